The zero-order chi connectivity index (χ0) is 17.1. The molecule has 6 heteroatoms. The lowest BCUT2D eigenvalue weighted by molar-refractivity contribution is -0.150. The van der Waals surface area contributed by atoms with Crippen molar-refractivity contribution in [2.75, 3.05) is 24.6 Å². The summed E-state index contributed by atoms with van der Waals surface area (Å²) in [6.45, 7) is 1.73. The molecule has 2 heterocycles. The van der Waals surface area contributed by atoms with E-state index in [1.54, 1.807) is 11.3 Å². The van der Waals surface area contributed by atoms with Gasteiger partial charge in [0.05, 0.1) is 36.3 Å². The maximum atomic E-state index is 11.9. The van der Waals surface area contributed by atoms with Gasteiger partial charge in [0.2, 0.25) is 0 Å². The minimum Gasteiger partial charge on any atom is -0.493 e. The fourth-order valence-corrected chi connectivity index (χ4v) is 3.66. The van der Waals surface area contributed by atoms with Crippen LogP contribution in [0.2, 0.25) is 0 Å². The largest absolute Gasteiger partial charge is 0.493 e. The first-order valence-electron chi connectivity index (χ1n) is 8.26. The van der Waals surface area contributed by atoms with Crippen LogP contribution in [0.5, 0.6) is 5.75 Å². The fraction of sp³-hybridized carbons (Fsp3) is 0.263. The molecule has 1 fully saturated rings. The summed E-state index contributed by atoms with van der Waals surface area (Å²) in [7, 11) is 0. The second-order valence-electron chi connectivity index (χ2n) is 5.89. The van der Waals surface area contributed by atoms with Gasteiger partial charge in [0, 0.05) is 0 Å². The number of carbonyl (C=O) groups is 1. The Hall–Kier alpha value is -2.60. The Morgan fingerprint density at radius 3 is 2.68 bits per heavy atom. The molecule has 0 spiro atoms. The average molecular weight is 354 g/mol. The number of thiazole rings is 1. The molecule has 3 aromatic rings. The number of para-hydroxylation sites is 2. The Bertz CT molecular complexity index is 826. The van der Waals surface area contributed by atoms with Crippen LogP contribution in [0.1, 0.15) is 6.42 Å². The van der Waals surface area contributed by atoms with Crippen LogP contribution in [-0.4, -0.2) is 36.8 Å². The Kier molecular flexibility index (Phi) is 4.52. The van der Waals surface area contributed by atoms with Crippen LogP contribution < -0.4 is 9.64 Å². The lowest BCUT2D eigenvalue weighted by atomic mass is 10.2. The van der Waals surface area contributed by atoms with E-state index in [-0.39, 0.29) is 18.5 Å². The van der Waals surface area contributed by atoms with Gasteiger partial charge in [-0.05, 0) is 24.3 Å². The number of ether oxygens (including phenoxy) is 2. The molecule has 0 radical (unpaired) electrons. The van der Waals surface area contributed by atoms with Gasteiger partial charge in [-0.25, -0.2) is 4.98 Å². The molecule has 0 amide bonds. The number of hydrogen-bond donors (Lipinski definition) is 0. The van der Waals surface area contributed by atoms with Crippen LogP contribution >= 0.6 is 11.3 Å². The van der Waals surface area contributed by atoms with Gasteiger partial charge in [-0.15, -0.1) is 0 Å². The van der Waals surface area contributed by atoms with Crippen molar-refractivity contribution in [1.29, 1.82) is 0 Å². The standard InChI is InChI=1S/C19H18N2O3S/c22-18(10-11-23-14-6-2-1-3-7-14)24-15-12-21(13-15)19-20-16-8-4-5-9-17(16)25-19/h1-9,15H,10-13H2. The van der Waals surface area contributed by atoms with Gasteiger partial charge >= 0.3 is 5.97 Å². The van der Waals surface area contributed by atoms with E-state index in [1.807, 2.05) is 48.5 Å². The molecule has 1 aliphatic heterocycles. The van der Waals surface area contributed by atoms with Crippen molar-refractivity contribution < 1.29 is 14.3 Å². The van der Waals surface area contributed by atoms with E-state index >= 15 is 0 Å². The van der Waals surface area contributed by atoms with Gasteiger partial charge in [0.1, 0.15) is 11.9 Å². The van der Waals surface area contributed by atoms with Crippen molar-refractivity contribution in [3.05, 3.63) is 54.6 Å². The van der Waals surface area contributed by atoms with Crippen LogP contribution in [0, 0.1) is 0 Å². The summed E-state index contributed by atoms with van der Waals surface area (Å²) in [4.78, 5) is 18.6. The molecule has 5 nitrogen and oxygen atoms in total. The number of rotatable bonds is 6. The summed E-state index contributed by atoms with van der Waals surface area (Å²) in [6, 6.07) is 17.6. The lowest BCUT2D eigenvalue weighted by Gasteiger charge is -2.38. The smallest absolute Gasteiger partial charge is 0.309 e. The Labute approximate surface area is 149 Å². The molecule has 0 saturated carbocycles. The third-order valence-corrected chi connectivity index (χ3v) is 5.11. The van der Waals surface area contributed by atoms with Crippen molar-refractivity contribution in [1.82, 2.24) is 4.98 Å². The second kappa shape index (κ2) is 7.11. The van der Waals surface area contributed by atoms with Crippen LogP contribution in [0.25, 0.3) is 10.2 Å². The zero-order valence-corrected chi connectivity index (χ0v) is 14.4. The first kappa shape index (κ1) is 15.9. The third kappa shape index (κ3) is 3.74. The van der Waals surface area contributed by atoms with E-state index in [0.29, 0.717) is 19.7 Å². The lowest BCUT2D eigenvalue weighted by Crippen LogP contribution is -2.53. The van der Waals surface area contributed by atoms with Crippen LogP contribution in [0.15, 0.2) is 54.6 Å². The highest BCUT2D eigenvalue weighted by molar-refractivity contribution is 7.22. The van der Waals surface area contributed by atoms with Crippen LogP contribution in [-0.2, 0) is 9.53 Å². The highest BCUT2D eigenvalue weighted by Gasteiger charge is 2.31. The van der Waals surface area contributed by atoms with Crippen molar-refractivity contribution in [3.8, 4) is 5.75 Å². The van der Waals surface area contributed by atoms with Gasteiger partial charge in [0.25, 0.3) is 0 Å². The summed E-state index contributed by atoms with van der Waals surface area (Å²) < 4.78 is 12.2. The van der Waals surface area contributed by atoms with Crippen LogP contribution in [0.3, 0.4) is 0 Å². The number of aromatic nitrogens is 1. The van der Waals surface area contributed by atoms with Gasteiger partial charge in [-0.1, -0.05) is 41.7 Å². The van der Waals surface area contributed by atoms with E-state index in [1.165, 1.54) is 4.70 Å². The van der Waals surface area contributed by atoms with Crippen molar-refractivity contribution >= 4 is 32.7 Å². The monoisotopic (exact) mass is 354 g/mol. The number of fused-ring (bicyclic) bond motifs is 1. The third-order valence-electron chi connectivity index (χ3n) is 4.02. The molecule has 0 unspecified atom stereocenters. The molecule has 4 rings (SSSR count). The molecular weight excluding hydrogens is 336 g/mol. The maximum absolute atomic E-state index is 11.9. The van der Waals surface area contributed by atoms with Gasteiger partial charge in [-0.3, -0.25) is 4.79 Å². The molecule has 1 aliphatic rings. The van der Waals surface area contributed by atoms with Gasteiger partial charge < -0.3 is 14.4 Å². The zero-order valence-electron chi connectivity index (χ0n) is 13.6. The molecule has 25 heavy (non-hydrogen) atoms. The quantitative estimate of drug-likeness (QED) is 0.634. The first-order valence-corrected chi connectivity index (χ1v) is 9.07. The second-order valence-corrected chi connectivity index (χ2v) is 6.90. The maximum Gasteiger partial charge on any atom is 0.309 e. The van der Waals surface area contributed by atoms with E-state index in [2.05, 4.69) is 16.0 Å². The van der Waals surface area contributed by atoms with E-state index < -0.39 is 0 Å². The molecule has 1 aromatic heterocycles. The van der Waals surface area contributed by atoms with Gasteiger partial charge in [0.15, 0.2) is 5.13 Å². The highest BCUT2D eigenvalue weighted by Crippen LogP contribution is 2.31. The summed E-state index contributed by atoms with van der Waals surface area (Å²) in [5, 5.41) is 0.987. The number of nitrogens with zero attached hydrogens (tertiary/aromatic N) is 2. The molecule has 128 valence electrons. The fourth-order valence-electron chi connectivity index (χ4n) is 2.68. The Balaban J connectivity index is 1.21. The summed E-state index contributed by atoms with van der Waals surface area (Å²) in [5.41, 5.74) is 1.01. The van der Waals surface area contributed by atoms with E-state index in [4.69, 9.17) is 9.47 Å². The number of carbonyl (C=O) groups excluding carboxylic acids is 1. The normalized spacial score (nSPS) is 14.3. The van der Waals surface area contributed by atoms with Gasteiger partial charge in [-0.2, -0.15) is 0 Å². The minimum atomic E-state index is -0.218. The number of esters is 1. The molecule has 0 N–H and O–H groups in total. The molecule has 0 atom stereocenters. The molecular formula is C19H18N2O3S. The predicted molar refractivity (Wildman–Crippen MR) is 98.3 cm³/mol. The number of anilines is 1. The number of hydrogen-bond acceptors (Lipinski definition) is 6. The molecule has 1 saturated heterocycles. The average Bonchev–Trinajstić information content (AvgIpc) is 3.02. The van der Waals surface area contributed by atoms with E-state index in [0.717, 1.165) is 16.4 Å². The highest BCUT2D eigenvalue weighted by atomic mass is 32.1. The summed E-state index contributed by atoms with van der Waals surface area (Å²) in [5.74, 6) is 0.547. The Morgan fingerprint density at radius 2 is 1.88 bits per heavy atom. The summed E-state index contributed by atoms with van der Waals surface area (Å²) >= 11 is 1.67. The van der Waals surface area contributed by atoms with Crippen molar-refractivity contribution in [3.63, 3.8) is 0 Å². The van der Waals surface area contributed by atoms with Crippen LogP contribution in [0.4, 0.5) is 5.13 Å². The first-order chi connectivity index (χ1) is 12.3. The molecule has 2 aromatic carbocycles. The van der Waals surface area contributed by atoms with Crippen molar-refractivity contribution in [2.24, 2.45) is 0 Å². The molecule has 0 aliphatic carbocycles. The van der Waals surface area contributed by atoms with Crippen molar-refractivity contribution in [2.45, 2.75) is 12.5 Å². The topological polar surface area (TPSA) is 51.7 Å². The molecule has 0 bridgehead atoms. The minimum absolute atomic E-state index is 0.0590. The summed E-state index contributed by atoms with van der Waals surface area (Å²) in [6.07, 6.45) is 0.197. The Morgan fingerprint density at radius 1 is 1.12 bits per heavy atom. The SMILES string of the molecule is O=C(CCOc1ccccc1)OC1CN(c2nc3ccccc3s2)C1. The van der Waals surface area contributed by atoms with E-state index in [9.17, 15) is 4.79 Å². The predicted octanol–water partition coefficient (Wildman–Crippen LogP) is 3.50. The number of benzene rings is 2.